The highest BCUT2D eigenvalue weighted by molar-refractivity contribution is 14.1. The summed E-state index contributed by atoms with van der Waals surface area (Å²) in [6.45, 7) is 1.15. The molecule has 30 heavy (non-hydrogen) atoms. The first-order chi connectivity index (χ1) is 14.0. The van der Waals surface area contributed by atoms with E-state index in [9.17, 15) is 24.0 Å². The zero-order valence-corrected chi connectivity index (χ0v) is 22.6. The molecule has 2 aromatic rings. The molecule has 3 amide bonds. The molecule has 2 aromatic carbocycles. The summed E-state index contributed by atoms with van der Waals surface area (Å²) in [5, 5.41) is -0.237. The van der Waals surface area contributed by atoms with Gasteiger partial charge in [-0.05, 0) is 103 Å². The number of carbonyl (C=O) groups is 5. The lowest BCUT2D eigenvalue weighted by Gasteiger charge is -2.31. The molecule has 0 N–H and O–H groups in total. The van der Waals surface area contributed by atoms with E-state index in [1.807, 2.05) is 0 Å². The van der Waals surface area contributed by atoms with Crippen LogP contribution in [0.15, 0.2) is 24.3 Å². The van der Waals surface area contributed by atoms with Crippen molar-refractivity contribution < 1.29 is 24.0 Å². The van der Waals surface area contributed by atoms with Gasteiger partial charge < -0.3 is 0 Å². The lowest BCUT2D eigenvalue weighted by Crippen LogP contribution is -2.50. The van der Waals surface area contributed by atoms with Crippen molar-refractivity contribution >= 4 is 125 Å². The number of hydrogen-bond donors (Lipinski definition) is 0. The Balaban J connectivity index is 2.36. The second kappa shape index (κ2) is 8.96. The highest BCUT2D eigenvalue weighted by Crippen LogP contribution is 2.41. The van der Waals surface area contributed by atoms with Gasteiger partial charge in [-0.2, -0.15) is 5.01 Å². The van der Waals surface area contributed by atoms with Crippen LogP contribution in [0.5, 0.6) is 0 Å². The number of benzene rings is 2. The predicted octanol–water partition coefficient (Wildman–Crippen LogP) is 4.82. The second-order valence-electron chi connectivity index (χ2n) is 5.89. The Morgan fingerprint density at radius 3 is 1.57 bits per heavy atom. The first-order valence-corrected chi connectivity index (χ1v) is 11.9. The van der Waals surface area contributed by atoms with Gasteiger partial charge in [0, 0.05) is 10.5 Å². The van der Waals surface area contributed by atoms with Gasteiger partial charge in [-0.25, -0.2) is 5.01 Å². The molecule has 0 atom stereocenters. The molecule has 3 rings (SSSR count). The molecule has 12 heteroatoms. The fraction of sp³-hybridized carbons (Fsp3) is 0.0556. The lowest BCUT2D eigenvalue weighted by molar-refractivity contribution is -0.118. The Morgan fingerprint density at radius 2 is 1.23 bits per heavy atom. The molecule has 7 nitrogen and oxygen atoms in total. The molecule has 154 valence electrons. The molecular formula is C18H7Cl2I3N2O5. The average Bonchev–Trinajstić information content (AvgIpc) is 2.89. The largest absolute Gasteiger partial charge is 0.281 e. The van der Waals surface area contributed by atoms with Crippen LogP contribution in [0.25, 0.3) is 0 Å². The van der Waals surface area contributed by atoms with Crippen molar-refractivity contribution in [3.63, 3.8) is 0 Å². The van der Waals surface area contributed by atoms with E-state index in [1.165, 1.54) is 12.1 Å². The molecule has 0 spiro atoms. The number of fused-ring (bicyclic) bond motifs is 1. The zero-order valence-electron chi connectivity index (χ0n) is 14.6. The van der Waals surface area contributed by atoms with Crippen molar-refractivity contribution in [1.82, 2.24) is 5.01 Å². The van der Waals surface area contributed by atoms with Gasteiger partial charge in [0.25, 0.3) is 22.3 Å². The average molecular weight is 783 g/mol. The van der Waals surface area contributed by atoms with Gasteiger partial charge >= 0.3 is 0 Å². The number of halogens is 5. The van der Waals surface area contributed by atoms with Gasteiger partial charge in [-0.3, -0.25) is 24.0 Å². The molecule has 0 unspecified atom stereocenters. The third-order valence-electron chi connectivity index (χ3n) is 4.17. The number of rotatable bonds is 4. The van der Waals surface area contributed by atoms with Crippen LogP contribution in [0.1, 0.15) is 48.4 Å². The molecule has 1 aliphatic heterocycles. The van der Waals surface area contributed by atoms with Crippen LogP contribution in [0.3, 0.4) is 0 Å². The van der Waals surface area contributed by atoms with Crippen molar-refractivity contribution in [2.75, 3.05) is 5.01 Å². The van der Waals surface area contributed by atoms with Crippen LogP contribution < -0.4 is 5.01 Å². The number of carbonyl (C=O) groups excluding carboxylic acids is 5. The minimum Gasteiger partial charge on any atom is -0.276 e. The summed E-state index contributed by atoms with van der Waals surface area (Å²) in [5.41, 5.74) is 0.144. The Bertz CT molecular complexity index is 1110. The van der Waals surface area contributed by atoms with Crippen LogP contribution in [-0.2, 0) is 4.79 Å². The first-order valence-electron chi connectivity index (χ1n) is 7.89. The van der Waals surface area contributed by atoms with Gasteiger partial charge in [0.2, 0.25) is 5.91 Å². The quantitative estimate of drug-likeness (QED) is 0.252. The van der Waals surface area contributed by atoms with Crippen molar-refractivity contribution in [3.05, 3.63) is 57.2 Å². The molecule has 0 aliphatic carbocycles. The van der Waals surface area contributed by atoms with Crippen LogP contribution >= 0.6 is 91.0 Å². The monoisotopic (exact) mass is 782 g/mol. The van der Waals surface area contributed by atoms with E-state index in [-0.39, 0.29) is 38.7 Å². The third kappa shape index (κ3) is 3.78. The summed E-state index contributed by atoms with van der Waals surface area (Å²) >= 11 is 16.8. The normalized spacial score (nSPS) is 12.8. The summed E-state index contributed by atoms with van der Waals surface area (Å²) in [5.74, 6) is -2.12. The maximum Gasteiger partial charge on any atom is 0.281 e. The van der Waals surface area contributed by atoms with E-state index in [2.05, 4.69) is 0 Å². The summed E-state index contributed by atoms with van der Waals surface area (Å²) < 4.78 is 0.584. The Labute approximate surface area is 220 Å². The minimum atomic E-state index is -0.883. The van der Waals surface area contributed by atoms with Crippen LogP contribution in [0.4, 0.5) is 5.69 Å². The van der Waals surface area contributed by atoms with E-state index in [0.29, 0.717) is 5.01 Å². The maximum atomic E-state index is 13.0. The number of nitrogens with zero attached hydrogens (tertiary/aromatic N) is 2. The van der Waals surface area contributed by atoms with Crippen molar-refractivity contribution in [3.8, 4) is 0 Å². The Morgan fingerprint density at radius 1 is 0.833 bits per heavy atom. The van der Waals surface area contributed by atoms with Gasteiger partial charge in [-0.1, -0.05) is 12.1 Å². The molecule has 0 fully saturated rings. The van der Waals surface area contributed by atoms with Crippen LogP contribution in [-0.4, -0.2) is 33.2 Å². The maximum absolute atomic E-state index is 13.0. The molecular weight excluding hydrogens is 776 g/mol. The third-order valence-corrected chi connectivity index (χ3v) is 7.73. The van der Waals surface area contributed by atoms with Crippen molar-refractivity contribution in [1.29, 1.82) is 0 Å². The molecule has 0 aromatic heterocycles. The summed E-state index contributed by atoms with van der Waals surface area (Å²) in [4.78, 5) is 62.8. The summed E-state index contributed by atoms with van der Waals surface area (Å²) in [7, 11) is 0. The molecule has 1 aliphatic rings. The van der Waals surface area contributed by atoms with E-state index in [0.717, 1.165) is 11.9 Å². The highest BCUT2D eigenvalue weighted by atomic mass is 127. The minimum absolute atomic E-state index is 0.00776. The topological polar surface area (TPSA) is 91.8 Å². The standard InChI is InChI=1S/C18H7Cl2I3N2O5/c1-6(26)24(25-17(29)7-4-2-3-5-8(7)18(25)30)14-12(22)9(15(19)27)11(21)10(13(14)23)16(20)28/h2-5H,1H3. The lowest BCUT2D eigenvalue weighted by atomic mass is 10.1. The predicted molar refractivity (Wildman–Crippen MR) is 135 cm³/mol. The van der Waals surface area contributed by atoms with Gasteiger partial charge in [0.1, 0.15) is 0 Å². The van der Waals surface area contributed by atoms with Crippen LogP contribution in [0, 0.1) is 10.7 Å². The van der Waals surface area contributed by atoms with E-state index >= 15 is 0 Å². The Kier molecular flexibility index (Phi) is 7.11. The van der Waals surface area contributed by atoms with Crippen molar-refractivity contribution in [2.24, 2.45) is 0 Å². The SMILES string of the molecule is CC(=O)N(c1c(I)c(C(=O)Cl)c(I)c(C(=O)Cl)c1I)N1C(=O)c2ccccc2C1=O. The summed E-state index contributed by atoms with van der Waals surface area (Å²) in [6.07, 6.45) is 0. The first kappa shape index (κ1) is 23.8. The smallest absolute Gasteiger partial charge is 0.276 e. The Hall–Kier alpha value is -0.840. The van der Waals surface area contributed by atoms with E-state index in [1.54, 1.807) is 79.9 Å². The number of hydrogen-bond acceptors (Lipinski definition) is 5. The number of anilines is 1. The molecule has 0 radical (unpaired) electrons. The second-order valence-corrected chi connectivity index (χ2v) is 9.81. The molecule has 1 heterocycles. The van der Waals surface area contributed by atoms with Gasteiger partial charge in [0.15, 0.2) is 0 Å². The number of imide groups is 1. The van der Waals surface area contributed by atoms with Crippen LogP contribution in [0.2, 0.25) is 0 Å². The van der Waals surface area contributed by atoms with E-state index < -0.39 is 28.2 Å². The number of hydrazine groups is 1. The molecule has 0 saturated carbocycles. The fourth-order valence-electron chi connectivity index (χ4n) is 2.94. The van der Waals surface area contributed by atoms with Crippen molar-refractivity contribution in [2.45, 2.75) is 6.92 Å². The molecule has 0 bridgehead atoms. The van der Waals surface area contributed by atoms with E-state index in [4.69, 9.17) is 23.2 Å². The summed E-state index contributed by atoms with van der Waals surface area (Å²) in [6, 6.07) is 6.13. The fourth-order valence-corrected chi connectivity index (χ4v) is 8.56. The highest BCUT2D eigenvalue weighted by Gasteiger charge is 2.43. The zero-order chi connectivity index (χ0) is 22.5. The van der Waals surface area contributed by atoms with Gasteiger partial charge in [-0.15, -0.1) is 0 Å². The molecule has 0 saturated heterocycles. The van der Waals surface area contributed by atoms with Gasteiger partial charge in [0.05, 0.1) is 35.1 Å². The number of amides is 3.